The Morgan fingerprint density at radius 3 is 2.19 bits per heavy atom. The van der Waals surface area contributed by atoms with Crippen LogP contribution in [0.5, 0.6) is 5.75 Å². The maximum absolute atomic E-state index is 14.2. The largest absolute Gasteiger partial charge is 0.507 e. The number of benzene rings is 4. The molecule has 4 rings (SSSR count). The fourth-order valence-electron chi connectivity index (χ4n) is 5.09. The molecule has 0 aliphatic heterocycles. The summed E-state index contributed by atoms with van der Waals surface area (Å²) >= 11 is 0. The van der Waals surface area contributed by atoms with Crippen molar-refractivity contribution in [3.05, 3.63) is 124 Å². The normalized spacial score (nSPS) is 12.6. The van der Waals surface area contributed by atoms with Crippen molar-refractivity contribution in [2.75, 3.05) is 43.4 Å². The molecule has 0 saturated carbocycles. The standard InChI is InChI=1S/C25H28N2O4.C16H22FN3O3/c28-17-21-14-20(8-11-23(21)29)24(30)15-26-13-12-18-6-9-22(10-7-18)27-16-25(31)19-4-2-1-3-5-19;1-5-23-15(22)20-14-11(8-18)6-10(7-12(14)17)13(21)9-19-16(2,3)4/h1-11,14,17,24-27,29-31H,12-13,15-16H2;6-7,13,19,21H,5,9H2,1-4H3,(H,20,22). The maximum Gasteiger partial charge on any atom is 0.411 e. The van der Waals surface area contributed by atoms with Gasteiger partial charge in [-0.1, -0.05) is 48.5 Å². The number of aldehydes is 1. The number of phenolic OH excluding ortho intramolecular Hbond substituents is 1. The second-order valence-electron chi connectivity index (χ2n) is 13.4. The van der Waals surface area contributed by atoms with E-state index >= 15 is 0 Å². The molecule has 0 fully saturated rings. The molecule has 0 saturated heterocycles. The number of aliphatic hydroxyl groups is 3. The van der Waals surface area contributed by atoms with E-state index in [0.29, 0.717) is 31.5 Å². The Balaban J connectivity index is 0.000000305. The second-order valence-corrected chi connectivity index (χ2v) is 13.4. The first-order valence-electron chi connectivity index (χ1n) is 17.6. The van der Waals surface area contributed by atoms with Crippen molar-refractivity contribution in [1.29, 1.82) is 5.26 Å². The summed E-state index contributed by atoms with van der Waals surface area (Å²) in [4.78, 5) is 22.3. The third-order valence-electron chi connectivity index (χ3n) is 8.08. The predicted molar refractivity (Wildman–Crippen MR) is 206 cm³/mol. The Bertz CT molecular complexity index is 1830. The van der Waals surface area contributed by atoms with E-state index < -0.39 is 30.2 Å². The molecule has 0 aliphatic rings. The first-order chi connectivity index (χ1) is 25.7. The number of anilines is 2. The Morgan fingerprint density at radius 2 is 1.56 bits per heavy atom. The van der Waals surface area contributed by atoms with Gasteiger partial charge in [-0.05, 0) is 99.3 Å². The molecule has 3 unspecified atom stereocenters. The topological polar surface area (TPSA) is 196 Å². The van der Waals surface area contributed by atoms with Crippen molar-refractivity contribution in [1.82, 2.24) is 10.6 Å². The summed E-state index contributed by atoms with van der Waals surface area (Å²) < 4.78 is 18.8. The number of amides is 1. The third kappa shape index (κ3) is 14.2. The zero-order valence-corrected chi connectivity index (χ0v) is 31.0. The minimum Gasteiger partial charge on any atom is -0.507 e. The molecule has 0 radical (unpaired) electrons. The number of hydrogen-bond donors (Lipinski definition) is 8. The van der Waals surface area contributed by atoms with E-state index in [1.54, 1.807) is 13.0 Å². The summed E-state index contributed by atoms with van der Waals surface area (Å²) in [5.74, 6) is -0.895. The van der Waals surface area contributed by atoms with Gasteiger partial charge in [0.1, 0.15) is 17.6 Å². The quantitative estimate of drug-likeness (QED) is 0.0503. The van der Waals surface area contributed by atoms with Gasteiger partial charge in [0, 0.05) is 30.9 Å². The maximum atomic E-state index is 14.2. The highest BCUT2D eigenvalue weighted by atomic mass is 19.1. The smallest absolute Gasteiger partial charge is 0.411 e. The van der Waals surface area contributed by atoms with Gasteiger partial charge >= 0.3 is 6.09 Å². The van der Waals surface area contributed by atoms with Crippen LogP contribution in [-0.4, -0.2) is 71.1 Å². The SMILES string of the molecule is CCOC(=O)Nc1c(F)cc(C(O)CNC(C)(C)C)cc1C#N.O=Cc1cc(C(O)CNCCc2ccc(NCC(O)c3ccccc3)cc2)ccc1O. The van der Waals surface area contributed by atoms with Gasteiger partial charge < -0.3 is 41.1 Å². The molecule has 0 aromatic heterocycles. The van der Waals surface area contributed by atoms with Gasteiger partial charge in [-0.3, -0.25) is 10.1 Å². The molecule has 4 aromatic carbocycles. The minimum atomic E-state index is -0.979. The van der Waals surface area contributed by atoms with Gasteiger partial charge in [-0.2, -0.15) is 5.26 Å². The number of nitriles is 1. The van der Waals surface area contributed by atoms with Crippen LogP contribution in [0.4, 0.5) is 20.6 Å². The molecule has 0 spiro atoms. The van der Waals surface area contributed by atoms with Crippen LogP contribution in [0.2, 0.25) is 0 Å². The Kier molecular flexibility index (Phi) is 17.0. The lowest BCUT2D eigenvalue weighted by molar-refractivity contribution is 0.112. The number of rotatable bonds is 16. The van der Waals surface area contributed by atoms with Gasteiger partial charge in [0.25, 0.3) is 0 Å². The number of halogens is 1. The molecule has 12 nitrogen and oxygen atoms in total. The van der Waals surface area contributed by atoms with E-state index in [1.165, 1.54) is 18.2 Å². The van der Waals surface area contributed by atoms with Crippen molar-refractivity contribution in [2.45, 2.75) is 58.0 Å². The number of carbonyl (C=O) groups is 2. The van der Waals surface area contributed by atoms with Crippen LogP contribution < -0.4 is 21.3 Å². The lowest BCUT2D eigenvalue weighted by Gasteiger charge is -2.23. The summed E-state index contributed by atoms with van der Waals surface area (Å²) in [5.41, 5.74) is 3.45. The van der Waals surface area contributed by atoms with E-state index in [4.69, 9.17) is 5.26 Å². The minimum absolute atomic E-state index is 0.0807. The van der Waals surface area contributed by atoms with Gasteiger partial charge in [0.2, 0.25) is 0 Å². The molecule has 0 heterocycles. The van der Waals surface area contributed by atoms with E-state index in [9.17, 15) is 34.4 Å². The molecule has 54 heavy (non-hydrogen) atoms. The number of ether oxygens (including phenoxy) is 1. The van der Waals surface area contributed by atoms with E-state index in [1.807, 2.05) is 81.4 Å². The van der Waals surface area contributed by atoms with Crippen LogP contribution in [0, 0.1) is 17.1 Å². The van der Waals surface area contributed by atoms with Crippen molar-refractivity contribution >= 4 is 23.8 Å². The monoisotopic (exact) mass is 743 g/mol. The highest BCUT2D eigenvalue weighted by molar-refractivity contribution is 5.87. The van der Waals surface area contributed by atoms with Crippen molar-refractivity contribution in [3.63, 3.8) is 0 Å². The highest BCUT2D eigenvalue weighted by Gasteiger charge is 2.19. The van der Waals surface area contributed by atoms with Crippen LogP contribution in [0.1, 0.15) is 84.2 Å². The lowest BCUT2D eigenvalue weighted by atomic mass is 10.0. The van der Waals surface area contributed by atoms with E-state index in [-0.39, 0.29) is 46.8 Å². The number of carbonyl (C=O) groups excluding carboxylic acids is 2. The molecule has 0 bridgehead atoms. The molecule has 288 valence electrons. The van der Waals surface area contributed by atoms with Crippen LogP contribution in [0.3, 0.4) is 0 Å². The number of nitrogens with zero attached hydrogens (tertiary/aromatic N) is 1. The van der Waals surface area contributed by atoms with Gasteiger partial charge in [-0.15, -0.1) is 0 Å². The van der Waals surface area contributed by atoms with Crippen LogP contribution in [-0.2, 0) is 11.2 Å². The number of hydrogen-bond acceptors (Lipinski definition) is 11. The molecule has 1 amide bonds. The summed E-state index contributed by atoms with van der Waals surface area (Å²) in [6.45, 7) is 9.24. The first-order valence-corrected chi connectivity index (χ1v) is 17.6. The molecular formula is C41H50FN5O7. The Labute approximate surface area is 315 Å². The number of nitrogens with one attached hydrogen (secondary N) is 4. The fraction of sp³-hybridized carbons (Fsp3) is 0.341. The second kappa shape index (κ2) is 21.4. The first kappa shape index (κ1) is 43.0. The van der Waals surface area contributed by atoms with Crippen LogP contribution in [0.15, 0.2) is 84.9 Å². The Hall–Kier alpha value is -5.36. The van der Waals surface area contributed by atoms with Crippen molar-refractivity contribution in [2.24, 2.45) is 0 Å². The zero-order chi connectivity index (χ0) is 39.7. The van der Waals surface area contributed by atoms with Crippen molar-refractivity contribution in [3.8, 4) is 11.8 Å². The number of aromatic hydroxyl groups is 1. The third-order valence-corrected chi connectivity index (χ3v) is 8.08. The zero-order valence-electron chi connectivity index (χ0n) is 31.0. The highest BCUT2D eigenvalue weighted by Crippen LogP contribution is 2.26. The number of β-amino-alcohol motifs (C(OH)–C–C–N with tert-alkyl or cyclic N) is 1. The van der Waals surface area contributed by atoms with E-state index in [0.717, 1.165) is 29.3 Å². The summed E-state index contributed by atoms with van der Waals surface area (Å²) in [5, 5.41) is 61.1. The molecular weight excluding hydrogens is 693 g/mol. The molecule has 4 aromatic rings. The van der Waals surface area contributed by atoms with Crippen LogP contribution in [0.25, 0.3) is 0 Å². The number of aliphatic hydroxyl groups excluding tert-OH is 3. The average molecular weight is 744 g/mol. The van der Waals surface area contributed by atoms with Gasteiger partial charge in [-0.25, -0.2) is 9.18 Å². The van der Waals surface area contributed by atoms with Gasteiger partial charge in [0.15, 0.2) is 6.29 Å². The molecule has 13 heteroatoms. The molecule has 0 aliphatic carbocycles. The fourth-order valence-corrected chi connectivity index (χ4v) is 5.09. The average Bonchev–Trinajstić information content (AvgIpc) is 3.16. The van der Waals surface area contributed by atoms with Gasteiger partial charge in [0.05, 0.1) is 41.7 Å². The van der Waals surface area contributed by atoms with E-state index in [2.05, 4.69) is 26.0 Å². The summed E-state index contributed by atoms with van der Waals surface area (Å²) in [6.07, 6.45) is -1.78. The van der Waals surface area contributed by atoms with Crippen LogP contribution >= 0.6 is 0 Å². The predicted octanol–water partition coefficient (Wildman–Crippen LogP) is 5.90. The number of phenols is 1. The molecule has 8 N–H and O–H groups in total. The lowest BCUT2D eigenvalue weighted by Crippen LogP contribution is -2.38. The summed E-state index contributed by atoms with van der Waals surface area (Å²) in [7, 11) is 0. The van der Waals surface area contributed by atoms with Crippen molar-refractivity contribution < 1.29 is 39.1 Å². The molecule has 3 atom stereocenters. The Morgan fingerprint density at radius 1 is 0.889 bits per heavy atom. The summed E-state index contributed by atoms with van der Waals surface area (Å²) in [6, 6.07) is 26.4.